The zero-order valence-electron chi connectivity index (χ0n) is 5.98. The summed E-state index contributed by atoms with van der Waals surface area (Å²) in [6, 6.07) is 4.78. The molecule has 0 fully saturated rings. The maximum atomic E-state index is 10.2. The summed E-state index contributed by atoms with van der Waals surface area (Å²) in [6.45, 7) is 0. The Hall–Kier alpha value is -2.09. The van der Waals surface area contributed by atoms with Crippen molar-refractivity contribution in [2.75, 3.05) is 5.32 Å². The molecule has 5 heteroatoms. The molecule has 0 saturated heterocycles. The van der Waals surface area contributed by atoms with Crippen molar-refractivity contribution in [3.05, 3.63) is 24.0 Å². The van der Waals surface area contributed by atoms with Gasteiger partial charge in [-0.05, 0) is 12.1 Å². The van der Waals surface area contributed by atoms with E-state index in [0.717, 1.165) is 0 Å². The lowest BCUT2D eigenvalue weighted by Gasteiger charge is -1.99. The number of hydrogen-bond acceptors (Lipinski definition) is 3. The molecule has 2 N–H and O–H groups in total. The van der Waals surface area contributed by atoms with Crippen molar-refractivity contribution in [2.45, 2.75) is 0 Å². The van der Waals surface area contributed by atoms with Crippen LogP contribution in [-0.2, 0) is 0 Å². The Balaban J connectivity index is 2.99. The highest BCUT2D eigenvalue weighted by atomic mass is 16.4. The Labute approximate surface area is 68.3 Å². The molecule has 1 amide bonds. The molecule has 0 unspecified atom stereocenters. The highest BCUT2D eigenvalue weighted by Gasteiger charge is 2.03. The first kappa shape index (κ1) is 8.01. The van der Waals surface area contributed by atoms with Crippen LogP contribution in [-0.4, -0.2) is 16.2 Å². The monoisotopic (exact) mass is 163 g/mol. The van der Waals surface area contributed by atoms with Gasteiger partial charge in [-0.15, -0.1) is 0 Å². The van der Waals surface area contributed by atoms with Crippen LogP contribution < -0.4 is 5.32 Å². The summed E-state index contributed by atoms with van der Waals surface area (Å²) in [5, 5.41) is 18.9. The standard InChI is InChI=1S/C7H5N3O2/c8-4-6-5(10-7(11)12)2-1-3-9-6/h1-3,10H,(H,11,12). The summed E-state index contributed by atoms with van der Waals surface area (Å²) in [7, 11) is 0. The number of nitrogens with one attached hydrogen (secondary N) is 1. The molecule has 0 atom stereocenters. The first-order chi connectivity index (χ1) is 5.74. The van der Waals surface area contributed by atoms with E-state index in [1.54, 1.807) is 12.1 Å². The zero-order chi connectivity index (χ0) is 8.97. The van der Waals surface area contributed by atoms with E-state index in [4.69, 9.17) is 10.4 Å². The van der Waals surface area contributed by atoms with Crippen LogP contribution in [0.25, 0.3) is 0 Å². The number of rotatable bonds is 1. The van der Waals surface area contributed by atoms with Gasteiger partial charge in [0, 0.05) is 6.20 Å². The molecule has 0 saturated carbocycles. The lowest BCUT2D eigenvalue weighted by Crippen LogP contribution is -2.08. The van der Waals surface area contributed by atoms with Gasteiger partial charge in [0.05, 0.1) is 5.69 Å². The predicted molar refractivity (Wildman–Crippen MR) is 40.6 cm³/mol. The third-order valence-electron chi connectivity index (χ3n) is 1.16. The van der Waals surface area contributed by atoms with Crippen LogP contribution in [0, 0.1) is 11.3 Å². The molecule has 0 bridgehead atoms. The molecule has 60 valence electrons. The van der Waals surface area contributed by atoms with Gasteiger partial charge in [-0.25, -0.2) is 9.78 Å². The number of carboxylic acid groups (broad SMARTS) is 1. The molecule has 0 radical (unpaired) electrons. The maximum Gasteiger partial charge on any atom is 0.409 e. The third-order valence-corrected chi connectivity index (χ3v) is 1.16. The van der Waals surface area contributed by atoms with Crippen molar-refractivity contribution in [3.8, 4) is 6.07 Å². The molecule has 1 heterocycles. The van der Waals surface area contributed by atoms with E-state index in [0.29, 0.717) is 0 Å². The number of carbonyl (C=O) groups is 1. The van der Waals surface area contributed by atoms with Gasteiger partial charge in [-0.1, -0.05) is 0 Å². The normalized spacial score (nSPS) is 8.58. The molecule has 0 spiro atoms. The van der Waals surface area contributed by atoms with Crippen LogP contribution in [0.5, 0.6) is 0 Å². The highest BCUT2D eigenvalue weighted by molar-refractivity contribution is 5.84. The molecule has 0 aliphatic rings. The van der Waals surface area contributed by atoms with Crippen LogP contribution in [0.1, 0.15) is 5.69 Å². The van der Waals surface area contributed by atoms with Gasteiger partial charge < -0.3 is 5.11 Å². The predicted octanol–water partition coefficient (Wildman–Crippen LogP) is 1.04. The molecule has 5 nitrogen and oxygen atoms in total. The summed E-state index contributed by atoms with van der Waals surface area (Å²) < 4.78 is 0. The van der Waals surface area contributed by atoms with Crippen molar-refractivity contribution >= 4 is 11.8 Å². The Kier molecular flexibility index (Phi) is 2.23. The minimum absolute atomic E-state index is 0.0694. The fraction of sp³-hybridized carbons (Fsp3) is 0. The number of nitrogens with zero attached hydrogens (tertiary/aromatic N) is 2. The number of amides is 1. The topological polar surface area (TPSA) is 86.0 Å². The second-order valence-corrected chi connectivity index (χ2v) is 1.94. The first-order valence-corrected chi connectivity index (χ1v) is 3.09. The van der Waals surface area contributed by atoms with Crippen LogP contribution in [0.2, 0.25) is 0 Å². The van der Waals surface area contributed by atoms with Gasteiger partial charge in [0.15, 0.2) is 5.69 Å². The van der Waals surface area contributed by atoms with Crippen molar-refractivity contribution in [2.24, 2.45) is 0 Å². The summed E-state index contributed by atoms with van der Waals surface area (Å²) >= 11 is 0. The van der Waals surface area contributed by atoms with Crippen LogP contribution in [0.15, 0.2) is 18.3 Å². The second-order valence-electron chi connectivity index (χ2n) is 1.94. The van der Waals surface area contributed by atoms with Gasteiger partial charge in [0.1, 0.15) is 6.07 Å². The largest absolute Gasteiger partial charge is 0.465 e. The quantitative estimate of drug-likeness (QED) is 0.647. The average Bonchev–Trinajstić information content (AvgIpc) is 2.04. The summed E-state index contributed by atoms with van der Waals surface area (Å²) in [5.74, 6) is 0. The minimum atomic E-state index is -1.21. The average molecular weight is 163 g/mol. The van der Waals surface area contributed by atoms with E-state index in [1.165, 1.54) is 12.3 Å². The van der Waals surface area contributed by atoms with Crippen molar-refractivity contribution in [1.29, 1.82) is 5.26 Å². The van der Waals surface area contributed by atoms with Gasteiger partial charge in [0.2, 0.25) is 0 Å². The molecular formula is C7H5N3O2. The van der Waals surface area contributed by atoms with E-state index in [-0.39, 0.29) is 11.4 Å². The van der Waals surface area contributed by atoms with Gasteiger partial charge >= 0.3 is 6.09 Å². The van der Waals surface area contributed by atoms with Gasteiger partial charge in [-0.2, -0.15) is 5.26 Å². The number of nitriles is 1. The Morgan fingerprint density at radius 2 is 2.50 bits per heavy atom. The lowest BCUT2D eigenvalue weighted by atomic mass is 10.3. The Morgan fingerprint density at radius 3 is 3.08 bits per heavy atom. The van der Waals surface area contributed by atoms with Gasteiger partial charge in [0.25, 0.3) is 0 Å². The van der Waals surface area contributed by atoms with E-state index in [1.807, 2.05) is 0 Å². The van der Waals surface area contributed by atoms with Crippen LogP contribution >= 0.6 is 0 Å². The van der Waals surface area contributed by atoms with Crippen molar-refractivity contribution in [3.63, 3.8) is 0 Å². The van der Waals surface area contributed by atoms with Crippen molar-refractivity contribution in [1.82, 2.24) is 4.98 Å². The Bertz CT molecular complexity index is 343. The summed E-state index contributed by atoms with van der Waals surface area (Å²) in [6.07, 6.45) is 0.213. The smallest absolute Gasteiger partial charge is 0.409 e. The van der Waals surface area contributed by atoms with E-state index >= 15 is 0 Å². The minimum Gasteiger partial charge on any atom is -0.465 e. The molecule has 1 aromatic heterocycles. The molecule has 12 heavy (non-hydrogen) atoms. The summed E-state index contributed by atoms with van der Waals surface area (Å²) in [4.78, 5) is 13.9. The molecule has 0 aromatic carbocycles. The first-order valence-electron chi connectivity index (χ1n) is 3.09. The van der Waals surface area contributed by atoms with E-state index in [2.05, 4.69) is 10.3 Å². The number of anilines is 1. The highest BCUT2D eigenvalue weighted by Crippen LogP contribution is 2.09. The SMILES string of the molecule is N#Cc1ncccc1NC(=O)O. The fourth-order valence-electron chi connectivity index (χ4n) is 0.710. The fourth-order valence-corrected chi connectivity index (χ4v) is 0.710. The third kappa shape index (κ3) is 1.70. The molecular weight excluding hydrogens is 158 g/mol. The van der Waals surface area contributed by atoms with Crippen molar-refractivity contribution < 1.29 is 9.90 Å². The molecule has 1 aromatic rings. The number of pyridine rings is 1. The van der Waals surface area contributed by atoms with E-state index < -0.39 is 6.09 Å². The molecule has 0 aliphatic carbocycles. The van der Waals surface area contributed by atoms with Gasteiger partial charge in [-0.3, -0.25) is 5.32 Å². The number of hydrogen-bond donors (Lipinski definition) is 2. The second kappa shape index (κ2) is 3.34. The summed E-state index contributed by atoms with van der Waals surface area (Å²) in [5.41, 5.74) is 0.271. The van der Waals surface area contributed by atoms with Crippen LogP contribution in [0.3, 0.4) is 0 Å². The number of aromatic nitrogens is 1. The molecule has 0 aliphatic heterocycles. The zero-order valence-corrected chi connectivity index (χ0v) is 5.98. The maximum absolute atomic E-state index is 10.2. The van der Waals surface area contributed by atoms with E-state index in [9.17, 15) is 4.79 Å². The molecule has 1 rings (SSSR count). The lowest BCUT2D eigenvalue weighted by molar-refractivity contribution is 0.209. The Morgan fingerprint density at radius 1 is 1.75 bits per heavy atom. The van der Waals surface area contributed by atoms with Crippen LogP contribution in [0.4, 0.5) is 10.5 Å².